The van der Waals surface area contributed by atoms with Crippen LogP contribution in [-0.2, 0) is 12.3 Å². The molecule has 1 aromatic carbocycles. The van der Waals surface area contributed by atoms with Crippen molar-refractivity contribution in [3.63, 3.8) is 0 Å². The van der Waals surface area contributed by atoms with Gasteiger partial charge < -0.3 is 9.47 Å². The SMILES string of the molecule is COc1cc(CC#N)cc(C(C)(F)F)c1OC. The average Bonchev–Trinajstić information content (AvgIpc) is 2.27. The van der Waals surface area contributed by atoms with E-state index in [0.29, 0.717) is 5.56 Å². The van der Waals surface area contributed by atoms with Crippen LogP contribution in [0.25, 0.3) is 0 Å². The lowest BCUT2D eigenvalue weighted by atomic mass is 10.0. The van der Waals surface area contributed by atoms with E-state index in [0.717, 1.165) is 6.92 Å². The predicted molar refractivity (Wildman–Crippen MR) is 58.4 cm³/mol. The molecule has 0 amide bonds. The zero-order chi connectivity index (χ0) is 13.1. The number of rotatable bonds is 4. The van der Waals surface area contributed by atoms with Crippen molar-refractivity contribution in [1.29, 1.82) is 5.26 Å². The highest BCUT2D eigenvalue weighted by Gasteiger charge is 2.31. The lowest BCUT2D eigenvalue weighted by molar-refractivity contribution is 0.0146. The number of ether oxygens (including phenoxy) is 2. The van der Waals surface area contributed by atoms with Crippen LogP contribution in [0.3, 0.4) is 0 Å². The van der Waals surface area contributed by atoms with Crippen molar-refractivity contribution in [3.8, 4) is 17.6 Å². The van der Waals surface area contributed by atoms with E-state index in [-0.39, 0.29) is 23.5 Å². The standard InChI is InChI=1S/C12H13F2NO2/c1-12(13,14)9-6-8(4-5-15)7-10(16-2)11(9)17-3/h6-7H,4H2,1-3H3. The number of alkyl halides is 2. The summed E-state index contributed by atoms with van der Waals surface area (Å²) in [6.07, 6.45) is 0.0451. The van der Waals surface area contributed by atoms with Crippen LogP contribution in [0.5, 0.6) is 11.5 Å². The zero-order valence-corrected chi connectivity index (χ0v) is 9.88. The van der Waals surface area contributed by atoms with Crippen molar-refractivity contribution in [2.45, 2.75) is 19.3 Å². The third-order valence-electron chi connectivity index (χ3n) is 2.29. The highest BCUT2D eigenvalue weighted by molar-refractivity contribution is 5.51. The average molecular weight is 241 g/mol. The fraction of sp³-hybridized carbons (Fsp3) is 0.417. The van der Waals surface area contributed by atoms with E-state index in [1.807, 2.05) is 6.07 Å². The second-order valence-corrected chi connectivity index (χ2v) is 3.60. The lowest BCUT2D eigenvalue weighted by Gasteiger charge is -2.18. The summed E-state index contributed by atoms with van der Waals surface area (Å²) in [6.45, 7) is 0.778. The van der Waals surface area contributed by atoms with Crippen LogP contribution < -0.4 is 9.47 Å². The molecule has 1 aromatic rings. The summed E-state index contributed by atoms with van der Waals surface area (Å²) in [6, 6.07) is 4.70. The molecule has 0 heterocycles. The first-order valence-electron chi connectivity index (χ1n) is 4.94. The maximum absolute atomic E-state index is 13.4. The molecule has 0 spiro atoms. The monoisotopic (exact) mass is 241 g/mol. The molecule has 3 nitrogen and oxygen atoms in total. The number of benzene rings is 1. The first-order chi connectivity index (χ1) is 7.93. The van der Waals surface area contributed by atoms with E-state index in [1.54, 1.807) is 0 Å². The molecule has 1 rings (SSSR count). The van der Waals surface area contributed by atoms with Crippen LogP contribution in [0.4, 0.5) is 8.78 Å². The second-order valence-electron chi connectivity index (χ2n) is 3.60. The molecule has 0 radical (unpaired) electrons. The van der Waals surface area contributed by atoms with Gasteiger partial charge in [0.05, 0.1) is 32.3 Å². The molecule has 17 heavy (non-hydrogen) atoms. The Morgan fingerprint density at radius 3 is 2.35 bits per heavy atom. The van der Waals surface area contributed by atoms with Gasteiger partial charge in [-0.15, -0.1) is 0 Å². The van der Waals surface area contributed by atoms with Crippen LogP contribution in [0.2, 0.25) is 0 Å². The number of hydrogen-bond donors (Lipinski definition) is 0. The van der Waals surface area contributed by atoms with Crippen molar-refractivity contribution in [2.24, 2.45) is 0 Å². The maximum atomic E-state index is 13.4. The number of halogens is 2. The number of nitrogens with zero attached hydrogens (tertiary/aromatic N) is 1. The van der Waals surface area contributed by atoms with Gasteiger partial charge in [-0.3, -0.25) is 0 Å². The Bertz CT molecular complexity index is 447. The lowest BCUT2D eigenvalue weighted by Crippen LogP contribution is -2.11. The highest BCUT2D eigenvalue weighted by atomic mass is 19.3. The molecular formula is C12H13F2NO2. The fourth-order valence-electron chi connectivity index (χ4n) is 1.54. The van der Waals surface area contributed by atoms with E-state index in [2.05, 4.69) is 0 Å². The maximum Gasteiger partial charge on any atom is 0.274 e. The Morgan fingerprint density at radius 2 is 1.94 bits per heavy atom. The summed E-state index contributed by atoms with van der Waals surface area (Å²) >= 11 is 0. The smallest absolute Gasteiger partial charge is 0.274 e. The van der Waals surface area contributed by atoms with Crippen molar-refractivity contribution < 1.29 is 18.3 Å². The third kappa shape index (κ3) is 2.84. The molecule has 0 aliphatic heterocycles. The zero-order valence-electron chi connectivity index (χ0n) is 9.88. The van der Waals surface area contributed by atoms with Crippen LogP contribution in [0, 0.1) is 11.3 Å². The minimum atomic E-state index is -3.05. The summed E-state index contributed by atoms with van der Waals surface area (Å²) in [7, 11) is 2.67. The molecule has 0 saturated carbocycles. The molecule has 0 saturated heterocycles. The minimum absolute atomic E-state index is 0.00156. The quantitative estimate of drug-likeness (QED) is 0.814. The van der Waals surface area contributed by atoms with Gasteiger partial charge in [-0.2, -0.15) is 5.26 Å². The second kappa shape index (κ2) is 5.00. The van der Waals surface area contributed by atoms with Gasteiger partial charge >= 0.3 is 0 Å². The summed E-state index contributed by atoms with van der Waals surface area (Å²) in [5, 5.41) is 8.59. The van der Waals surface area contributed by atoms with Gasteiger partial charge in [0.2, 0.25) is 0 Å². The Labute approximate surface area is 98.6 Å². The fourth-order valence-corrected chi connectivity index (χ4v) is 1.54. The molecule has 0 fully saturated rings. The molecule has 92 valence electrons. The van der Waals surface area contributed by atoms with Gasteiger partial charge in [-0.25, -0.2) is 8.78 Å². The number of nitriles is 1. The molecule has 0 bridgehead atoms. The van der Waals surface area contributed by atoms with Crippen LogP contribution in [-0.4, -0.2) is 14.2 Å². The molecule has 0 N–H and O–H groups in total. The number of hydrogen-bond acceptors (Lipinski definition) is 3. The van der Waals surface area contributed by atoms with Crippen molar-refractivity contribution in [3.05, 3.63) is 23.3 Å². The van der Waals surface area contributed by atoms with E-state index < -0.39 is 5.92 Å². The van der Waals surface area contributed by atoms with Crippen molar-refractivity contribution in [1.82, 2.24) is 0 Å². The summed E-state index contributed by atoms with van der Waals surface area (Å²) in [5.74, 6) is -2.84. The normalized spacial score (nSPS) is 10.8. The van der Waals surface area contributed by atoms with Gasteiger partial charge in [-0.1, -0.05) is 0 Å². The van der Waals surface area contributed by atoms with E-state index in [1.165, 1.54) is 26.4 Å². The van der Waals surface area contributed by atoms with Gasteiger partial charge in [-0.05, 0) is 17.7 Å². The Kier molecular flexibility index (Phi) is 3.89. The van der Waals surface area contributed by atoms with Crippen LogP contribution in [0.15, 0.2) is 12.1 Å². The third-order valence-corrected chi connectivity index (χ3v) is 2.29. The predicted octanol–water partition coefficient (Wildman–Crippen LogP) is 2.88. The van der Waals surface area contributed by atoms with Gasteiger partial charge in [0, 0.05) is 6.92 Å². The summed E-state index contributed by atoms with van der Waals surface area (Å²) < 4.78 is 36.8. The topological polar surface area (TPSA) is 42.2 Å². The first kappa shape index (κ1) is 13.2. The summed E-state index contributed by atoms with van der Waals surface area (Å²) in [4.78, 5) is 0. The van der Waals surface area contributed by atoms with Crippen molar-refractivity contribution in [2.75, 3.05) is 14.2 Å². The summed E-state index contributed by atoms with van der Waals surface area (Å²) in [5.41, 5.74) is 0.200. The van der Waals surface area contributed by atoms with Crippen LogP contribution >= 0.6 is 0 Å². The minimum Gasteiger partial charge on any atom is -0.493 e. The molecule has 0 atom stereocenters. The molecule has 0 aliphatic carbocycles. The Morgan fingerprint density at radius 1 is 1.29 bits per heavy atom. The van der Waals surface area contributed by atoms with E-state index in [9.17, 15) is 8.78 Å². The largest absolute Gasteiger partial charge is 0.493 e. The molecular weight excluding hydrogens is 228 g/mol. The Balaban J connectivity index is 3.44. The molecule has 0 aromatic heterocycles. The van der Waals surface area contributed by atoms with Gasteiger partial charge in [0.25, 0.3) is 5.92 Å². The van der Waals surface area contributed by atoms with Crippen LogP contribution in [0.1, 0.15) is 18.1 Å². The van der Waals surface area contributed by atoms with Gasteiger partial charge in [0.15, 0.2) is 11.5 Å². The first-order valence-corrected chi connectivity index (χ1v) is 4.94. The highest BCUT2D eigenvalue weighted by Crippen LogP contribution is 2.41. The van der Waals surface area contributed by atoms with E-state index >= 15 is 0 Å². The molecule has 0 unspecified atom stereocenters. The van der Waals surface area contributed by atoms with Crippen molar-refractivity contribution >= 4 is 0 Å². The van der Waals surface area contributed by atoms with Gasteiger partial charge in [0.1, 0.15) is 0 Å². The number of methoxy groups -OCH3 is 2. The molecule has 0 aliphatic rings. The molecule has 5 heteroatoms. The Hall–Kier alpha value is -1.83. The van der Waals surface area contributed by atoms with E-state index in [4.69, 9.17) is 14.7 Å².